The van der Waals surface area contributed by atoms with Crippen molar-refractivity contribution in [2.75, 3.05) is 0 Å². The Labute approximate surface area is 172 Å². The summed E-state index contributed by atoms with van der Waals surface area (Å²) in [4.78, 5) is 29.9. The molecule has 1 fully saturated rings. The number of nitrogens with zero attached hydrogens (tertiary/aromatic N) is 2. The normalized spacial score (nSPS) is 20.5. The second kappa shape index (κ2) is 9.25. The molecule has 5 heteroatoms. The van der Waals surface area contributed by atoms with Gasteiger partial charge in [0.1, 0.15) is 5.54 Å². The summed E-state index contributed by atoms with van der Waals surface area (Å²) in [6.07, 6.45) is 3.67. The van der Waals surface area contributed by atoms with Crippen molar-refractivity contribution in [3.63, 3.8) is 0 Å². The number of urea groups is 1. The molecule has 0 spiro atoms. The molecule has 0 aliphatic carbocycles. The van der Waals surface area contributed by atoms with E-state index >= 15 is 0 Å². The topological polar surface area (TPSA) is 40.6 Å². The first kappa shape index (κ1) is 22.7. The van der Waals surface area contributed by atoms with Crippen molar-refractivity contribution < 1.29 is 9.59 Å². The number of amides is 3. The predicted molar refractivity (Wildman–Crippen MR) is 119 cm³/mol. The van der Waals surface area contributed by atoms with Crippen LogP contribution < -0.4 is 0 Å². The molecule has 2 rings (SSSR count). The van der Waals surface area contributed by atoms with E-state index < -0.39 is 13.8 Å². The van der Waals surface area contributed by atoms with E-state index in [1.54, 1.807) is 0 Å². The molecule has 0 N–H and O–H groups in total. The molecule has 1 atom stereocenters. The summed E-state index contributed by atoms with van der Waals surface area (Å²) in [7, 11) is -2.22. The molecule has 0 radical (unpaired) electrons. The molecule has 1 unspecified atom stereocenters. The number of hydrogen-bond donors (Lipinski definition) is 0. The minimum absolute atomic E-state index is 0.0295. The smallest absolute Gasteiger partial charge is 0.304 e. The van der Waals surface area contributed by atoms with E-state index in [9.17, 15) is 9.59 Å². The van der Waals surface area contributed by atoms with Crippen molar-refractivity contribution in [2.45, 2.75) is 96.9 Å². The number of carbonyl (C=O) groups excluding carboxylic acids is 2. The molecule has 4 nitrogen and oxygen atoms in total. The summed E-state index contributed by atoms with van der Waals surface area (Å²) < 4.78 is 1.82. The van der Waals surface area contributed by atoms with Gasteiger partial charge >= 0.3 is 6.03 Å². The van der Waals surface area contributed by atoms with Crippen LogP contribution in [0.25, 0.3) is 0 Å². The molecule has 1 saturated heterocycles. The predicted octanol–water partition coefficient (Wildman–Crippen LogP) is 6.14. The first-order chi connectivity index (χ1) is 13.4. The van der Waals surface area contributed by atoms with E-state index in [1.165, 1.54) is 0 Å². The quantitative estimate of drug-likeness (QED) is 0.348. The zero-order valence-corrected chi connectivity index (χ0v) is 19.6. The van der Waals surface area contributed by atoms with E-state index in [0.717, 1.165) is 43.0 Å². The van der Waals surface area contributed by atoms with Gasteiger partial charge in [0, 0.05) is 6.04 Å². The third kappa shape index (κ3) is 3.54. The fourth-order valence-electron chi connectivity index (χ4n) is 5.33. The number of benzene rings is 1. The van der Waals surface area contributed by atoms with Crippen LogP contribution in [0.3, 0.4) is 0 Å². The van der Waals surface area contributed by atoms with E-state index in [-0.39, 0.29) is 18.0 Å². The van der Waals surface area contributed by atoms with Gasteiger partial charge in [0.15, 0.2) is 8.24 Å². The summed E-state index contributed by atoms with van der Waals surface area (Å²) >= 11 is 0. The van der Waals surface area contributed by atoms with E-state index in [1.807, 2.05) is 60.6 Å². The molecule has 28 heavy (non-hydrogen) atoms. The Balaban J connectivity index is 2.71. The molecule has 1 aliphatic heterocycles. The van der Waals surface area contributed by atoms with Crippen molar-refractivity contribution in [1.29, 1.82) is 0 Å². The summed E-state index contributed by atoms with van der Waals surface area (Å²) in [6.45, 7) is 12.7. The molecule has 1 heterocycles. The Morgan fingerprint density at radius 1 is 0.893 bits per heavy atom. The zero-order chi connectivity index (χ0) is 20.9. The Hall–Kier alpha value is -1.62. The van der Waals surface area contributed by atoms with Gasteiger partial charge in [0.25, 0.3) is 5.91 Å². The van der Waals surface area contributed by atoms with Gasteiger partial charge in [-0.1, -0.05) is 77.3 Å². The first-order valence-electron chi connectivity index (χ1n) is 11.1. The van der Waals surface area contributed by atoms with Gasteiger partial charge in [-0.05, 0) is 44.0 Å². The molecule has 1 aromatic carbocycles. The van der Waals surface area contributed by atoms with Crippen LogP contribution in [-0.4, -0.2) is 35.7 Å². The monoisotopic (exact) mass is 402 g/mol. The maximum absolute atomic E-state index is 14.2. The maximum atomic E-state index is 14.2. The van der Waals surface area contributed by atoms with Gasteiger partial charge < -0.3 is 4.90 Å². The molecule has 1 aliphatic rings. The Bertz CT molecular complexity index is 659. The Morgan fingerprint density at radius 2 is 1.39 bits per heavy atom. The summed E-state index contributed by atoms with van der Waals surface area (Å²) in [5.41, 5.74) is 0.0689. The SMILES string of the molecule is CCC[Si](CCC)(CCC)N1C(=O)N(C(C)C)C(CC)(c2ccccc2)C1=O. The van der Waals surface area contributed by atoms with Gasteiger partial charge in [0.05, 0.1) is 0 Å². The van der Waals surface area contributed by atoms with Crippen molar-refractivity contribution in [3.8, 4) is 0 Å². The van der Waals surface area contributed by atoms with Crippen LogP contribution in [0.15, 0.2) is 30.3 Å². The van der Waals surface area contributed by atoms with Crippen LogP contribution in [0.2, 0.25) is 18.1 Å². The highest BCUT2D eigenvalue weighted by Crippen LogP contribution is 2.46. The minimum atomic E-state index is -2.22. The average Bonchev–Trinajstić information content (AvgIpc) is 2.90. The van der Waals surface area contributed by atoms with Crippen LogP contribution in [0, 0.1) is 0 Å². The summed E-state index contributed by atoms with van der Waals surface area (Å²) in [6, 6.07) is 12.9. The second-order valence-corrected chi connectivity index (χ2v) is 12.8. The van der Waals surface area contributed by atoms with Crippen molar-refractivity contribution in [2.24, 2.45) is 0 Å². The van der Waals surface area contributed by atoms with Crippen LogP contribution in [0.4, 0.5) is 4.79 Å². The van der Waals surface area contributed by atoms with Gasteiger partial charge in [0.2, 0.25) is 0 Å². The molecule has 1 aromatic rings. The van der Waals surface area contributed by atoms with Crippen molar-refractivity contribution in [3.05, 3.63) is 35.9 Å². The fourth-order valence-corrected chi connectivity index (χ4v) is 10.7. The lowest BCUT2D eigenvalue weighted by molar-refractivity contribution is -0.132. The van der Waals surface area contributed by atoms with E-state index in [4.69, 9.17) is 0 Å². The maximum Gasteiger partial charge on any atom is 0.320 e. The molecule has 0 saturated carbocycles. The van der Waals surface area contributed by atoms with Crippen LogP contribution in [-0.2, 0) is 10.3 Å². The largest absolute Gasteiger partial charge is 0.320 e. The van der Waals surface area contributed by atoms with Crippen LogP contribution >= 0.6 is 0 Å². The number of carbonyl (C=O) groups is 2. The fraction of sp³-hybridized carbons (Fsp3) is 0.652. The second-order valence-electron chi connectivity index (χ2n) is 8.44. The number of imide groups is 1. The highest BCUT2D eigenvalue weighted by molar-refractivity contribution is 6.81. The third-order valence-electron chi connectivity index (χ3n) is 6.27. The average molecular weight is 403 g/mol. The molecule has 0 bridgehead atoms. The lowest BCUT2D eigenvalue weighted by Crippen LogP contribution is -2.57. The molecule has 0 aromatic heterocycles. The summed E-state index contributed by atoms with van der Waals surface area (Å²) in [5.74, 6) is 0.0296. The Kier molecular flexibility index (Phi) is 7.49. The minimum Gasteiger partial charge on any atom is -0.304 e. The number of rotatable bonds is 10. The standard InChI is InChI=1S/C23H38N2O2Si/c1-7-16-28(17-8-2,18-9-3)25-21(26)23(10-4,20-14-12-11-13-15-20)24(19(5)6)22(25)27/h11-15,19H,7-10,16-18H2,1-6H3. The van der Waals surface area contributed by atoms with Crippen LogP contribution in [0.5, 0.6) is 0 Å². The molecular formula is C23H38N2O2Si. The lowest BCUT2D eigenvalue weighted by atomic mass is 9.85. The molecule has 156 valence electrons. The molecule has 3 amide bonds. The molecular weight excluding hydrogens is 364 g/mol. The number of hydrogen-bond acceptors (Lipinski definition) is 2. The zero-order valence-electron chi connectivity index (χ0n) is 18.6. The summed E-state index contributed by atoms with van der Waals surface area (Å²) in [5, 5.41) is 0. The Morgan fingerprint density at radius 3 is 1.79 bits per heavy atom. The highest BCUT2D eigenvalue weighted by atomic mass is 28.3. The van der Waals surface area contributed by atoms with Crippen molar-refractivity contribution >= 4 is 20.2 Å². The van der Waals surface area contributed by atoms with Gasteiger partial charge in [-0.15, -0.1) is 0 Å². The van der Waals surface area contributed by atoms with Gasteiger partial charge in [-0.3, -0.25) is 9.36 Å². The van der Waals surface area contributed by atoms with Crippen LogP contribution in [0.1, 0.15) is 72.8 Å². The van der Waals surface area contributed by atoms with Crippen molar-refractivity contribution in [1.82, 2.24) is 9.47 Å². The van der Waals surface area contributed by atoms with Gasteiger partial charge in [-0.25, -0.2) is 4.79 Å². The highest BCUT2D eigenvalue weighted by Gasteiger charge is 2.62. The third-order valence-corrected chi connectivity index (χ3v) is 11.9. The first-order valence-corrected chi connectivity index (χ1v) is 13.7. The van der Waals surface area contributed by atoms with E-state index in [2.05, 4.69) is 20.8 Å². The lowest BCUT2D eigenvalue weighted by Gasteiger charge is -2.38. The van der Waals surface area contributed by atoms with Gasteiger partial charge in [-0.2, -0.15) is 0 Å². The van der Waals surface area contributed by atoms with E-state index in [0.29, 0.717) is 6.42 Å².